The average molecular weight is 582 g/mol. The Labute approximate surface area is 270 Å². The Kier molecular flexibility index (Phi) is 10.9. The summed E-state index contributed by atoms with van der Waals surface area (Å²) in [7, 11) is -15.6. The third kappa shape index (κ3) is 6.21. The van der Waals surface area contributed by atoms with E-state index in [-0.39, 0.29) is 121 Å². The Morgan fingerprint density at radius 1 is 0.722 bits per heavy atom. The monoisotopic (exact) mass is 582 g/mol. The topological polar surface area (TPSA) is 218 Å². The molecule has 0 heterocycles. The van der Waals surface area contributed by atoms with Gasteiger partial charge in [0.25, 0.3) is 10.1 Å². The first-order chi connectivity index (χ1) is 15.1. The Morgan fingerprint density at radius 2 is 1.19 bits per heavy atom. The van der Waals surface area contributed by atoms with Gasteiger partial charge in [-0.3, -0.25) is 4.55 Å². The van der Waals surface area contributed by atoms with Gasteiger partial charge in [0.15, 0.2) is 0 Å². The number of rotatable bonds is 6. The smallest absolute Gasteiger partial charge is 0.744 e. The van der Waals surface area contributed by atoms with Gasteiger partial charge in [-0.2, -0.15) is 8.42 Å². The largest absolute Gasteiger partial charge is 1.00 e. The molecule has 0 aromatic heterocycles. The van der Waals surface area contributed by atoms with Gasteiger partial charge in [-0.05, 0) is 24.3 Å². The van der Waals surface area contributed by atoms with Gasteiger partial charge in [-0.1, -0.05) is 12.1 Å². The molecule has 0 amide bonds. The maximum atomic E-state index is 12.0. The van der Waals surface area contributed by atoms with E-state index >= 15 is 0 Å². The van der Waals surface area contributed by atoms with Crippen molar-refractivity contribution in [3.8, 4) is 5.75 Å². The molecule has 0 bridgehead atoms. The van der Waals surface area contributed by atoms with Crippen LogP contribution < -0.4 is 98.5 Å². The van der Waals surface area contributed by atoms with Gasteiger partial charge in [0.1, 0.15) is 37.5 Å². The molecule has 0 saturated carbocycles. The van der Waals surface area contributed by atoms with Gasteiger partial charge in [0, 0.05) is 32.3 Å². The quantitative estimate of drug-likeness (QED) is 0.127. The zero-order valence-corrected chi connectivity index (χ0v) is 27.3. The summed E-state index contributed by atoms with van der Waals surface area (Å²) < 4.78 is 110. The summed E-state index contributed by atoms with van der Waals surface area (Å²) in [5, 5.41) is 9.34. The molecule has 18 heteroatoms. The van der Waals surface area contributed by atoms with Crippen LogP contribution in [0.25, 0.3) is 32.3 Å². The molecule has 0 atom stereocenters. The molecule has 0 spiro atoms. The van der Waals surface area contributed by atoms with Gasteiger partial charge in [0.05, 0.1) is 15.8 Å². The van der Waals surface area contributed by atoms with E-state index in [9.17, 15) is 48.8 Å². The van der Waals surface area contributed by atoms with Crippen LogP contribution in [0.2, 0.25) is 0 Å². The molecular formula is C18H9Na3O12S3. The Bertz CT molecular complexity index is 1820. The number of carbonyl (C=O) groups is 1. The third-order valence-electron chi connectivity index (χ3n) is 4.91. The van der Waals surface area contributed by atoms with Crippen molar-refractivity contribution >= 4 is 68.6 Å². The minimum Gasteiger partial charge on any atom is -0.744 e. The van der Waals surface area contributed by atoms with Crippen molar-refractivity contribution in [1.82, 2.24) is 0 Å². The van der Waals surface area contributed by atoms with Crippen LogP contribution >= 0.6 is 0 Å². The summed E-state index contributed by atoms with van der Waals surface area (Å²) in [5.41, 5.74) is 0. The van der Waals surface area contributed by atoms with Crippen LogP contribution in [0.5, 0.6) is 5.75 Å². The first kappa shape index (κ1) is 33.9. The Hall–Kier alpha value is -0.0800. The van der Waals surface area contributed by atoms with E-state index in [0.29, 0.717) is 6.07 Å². The number of carboxylic acid groups (broad SMARTS) is 1. The standard InChI is InChI=1S/C18H12O12S3.3Na/c19-16(20)7-30-12-5-11-15(33(27,28)29)6-14(32(24,25)26)10-2-1-9-13(31(21,22)23)4-3-8(12)17(9)18(10)11;;;/h1-6H,7H2,(H,19,20)(H,21,22,23)(H,24,25,26)(H,27,28,29);;;/q;3*+1/p-3. The van der Waals surface area contributed by atoms with E-state index in [2.05, 4.69) is 0 Å². The molecule has 0 aliphatic carbocycles. The fourth-order valence-corrected chi connectivity index (χ4v) is 5.91. The summed E-state index contributed by atoms with van der Waals surface area (Å²) in [6, 6.07) is 5.43. The predicted octanol–water partition coefficient (Wildman–Crippen LogP) is -9.22. The molecule has 0 aliphatic rings. The van der Waals surface area contributed by atoms with Crippen LogP contribution in [0.15, 0.2) is 51.1 Å². The molecular weight excluding hydrogens is 573 g/mol. The first-order valence-corrected chi connectivity index (χ1v) is 12.9. The number of carboxylic acids is 1. The zero-order chi connectivity index (χ0) is 24.5. The van der Waals surface area contributed by atoms with Crippen molar-refractivity contribution in [2.45, 2.75) is 14.7 Å². The van der Waals surface area contributed by atoms with Crippen molar-refractivity contribution in [3.05, 3.63) is 36.4 Å². The van der Waals surface area contributed by atoms with Gasteiger partial charge in [0.2, 0.25) is 0 Å². The fraction of sp³-hybridized carbons (Fsp3) is 0.0556. The minimum atomic E-state index is -5.30. The third-order valence-corrected chi connectivity index (χ3v) is 7.57. The second-order valence-corrected chi connectivity index (χ2v) is 10.9. The zero-order valence-electron chi connectivity index (χ0n) is 18.8. The second-order valence-electron chi connectivity index (χ2n) is 6.86. The Morgan fingerprint density at radius 3 is 1.67 bits per heavy atom. The van der Waals surface area contributed by atoms with Gasteiger partial charge >= 0.3 is 88.7 Å². The number of ether oxygens (including phenoxy) is 1. The molecule has 4 rings (SSSR count). The first-order valence-electron chi connectivity index (χ1n) is 8.61. The summed E-state index contributed by atoms with van der Waals surface area (Å²) >= 11 is 0. The van der Waals surface area contributed by atoms with Crippen LogP contribution in [0.4, 0.5) is 0 Å². The average Bonchev–Trinajstić information content (AvgIpc) is 2.67. The van der Waals surface area contributed by atoms with Crippen LogP contribution in [-0.2, 0) is 35.1 Å². The minimum absolute atomic E-state index is 0. The van der Waals surface area contributed by atoms with Crippen LogP contribution in [0.3, 0.4) is 0 Å². The molecule has 174 valence electrons. The summed E-state index contributed by atoms with van der Waals surface area (Å²) in [4.78, 5) is 8.06. The van der Waals surface area contributed by atoms with E-state index in [1.165, 1.54) is 0 Å². The summed E-state index contributed by atoms with van der Waals surface area (Å²) in [5.74, 6) is -1.96. The maximum Gasteiger partial charge on any atom is 1.00 e. The molecule has 12 nitrogen and oxygen atoms in total. The van der Waals surface area contributed by atoms with E-state index in [1.807, 2.05) is 0 Å². The molecule has 0 unspecified atom stereocenters. The molecule has 1 N–H and O–H groups in total. The fourth-order valence-electron chi connectivity index (χ4n) is 3.75. The van der Waals surface area contributed by atoms with Gasteiger partial charge in [-0.15, -0.1) is 0 Å². The van der Waals surface area contributed by atoms with E-state index < -0.39 is 63.0 Å². The van der Waals surface area contributed by atoms with Gasteiger partial charge in [-0.25, -0.2) is 16.8 Å². The molecule has 4 aromatic carbocycles. The van der Waals surface area contributed by atoms with Crippen molar-refractivity contribution < 1.29 is 142 Å². The summed E-state index contributed by atoms with van der Waals surface area (Å²) in [6.45, 7) is -1.01. The second kappa shape index (κ2) is 11.6. The molecule has 0 aliphatic heterocycles. The van der Waals surface area contributed by atoms with E-state index in [0.717, 1.165) is 30.3 Å². The SMILES string of the molecule is O=C([O-])COc1cc2c(S(=O)(=O)O)cc(S(=O)(=O)[O-])c3ccc4c(S(=O)(=O)[O-])ccc1c4c32.[Na+].[Na+].[Na+]. The molecule has 0 fully saturated rings. The van der Waals surface area contributed by atoms with E-state index in [1.54, 1.807) is 0 Å². The molecule has 36 heavy (non-hydrogen) atoms. The molecule has 0 radical (unpaired) electrons. The van der Waals surface area contributed by atoms with E-state index in [4.69, 9.17) is 4.74 Å². The van der Waals surface area contributed by atoms with Crippen LogP contribution in [-0.4, -0.2) is 51.5 Å². The number of benzene rings is 4. The van der Waals surface area contributed by atoms with Crippen molar-refractivity contribution in [3.63, 3.8) is 0 Å². The maximum absolute atomic E-state index is 12.0. The van der Waals surface area contributed by atoms with Gasteiger partial charge < -0.3 is 23.7 Å². The number of hydrogen-bond donors (Lipinski definition) is 1. The van der Waals surface area contributed by atoms with Crippen LogP contribution in [0, 0.1) is 0 Å². The number of hydrogen-bond acceptors (Lipinski definition) is 11. The molecule has 4 aromatic rings. The molecule has 0 saturated heterocycles. The number of aliphatic carboxylic acids is 1. The number of carbonyl (C=O) groups excluding carboxylic acids is 1. The van der Waals surface area contributed by atoms with Crippen molar-refractivity contribution in [1.29, 1.82) is 0 Å². The van der Waals surface area contributed by atoms with Crippen molar-refractivity contribution in [2.24, 2.45) is 0 Å². The van der Waals surface area contributed by atoms with Crippen molar-refractivity contribution in [2.75, 3.05) is 6.61 Å². The predicted molar refractivity (Wildman–Crippen MR) is 106 cm³/mol. The van der Waals surface area contributed by atoms with Crippen LogP contribution in [0.1, 0.15) is 0 Å². The normalized spacial score (nSPS) is 12.1. The Balaban J connectivity index is 0.00000216. The summed E-state index contributed by atoms with van der Waals surface area (Å²) in [6.07, 6.45) is 0.